The zero-order valence-electron chi connectivity index (χ0n) is 18.9. The van der Waals surface area contributed by atoms with E-state index in [0.29, 0.717) is 34.3 Å². The van der Waals surface area contributed by atoms with Gasteiger partial charge in [-0.2, -0.15) is 0 Å². The number of halogens is 1. The lowest BCUT2D eigenvalue weighted by Crippen LogP contribution is -2.25. The van der Waals surface area contributed by atoms with E-state index in [1.165, 1.54) is 5.56 Å². The zero-order valence-corrected chi connectivity index (χ0v) is 19.6. The monoisotopic (exact) mass is 489 g/mol. The predicted octanol–water partition coefficient (Wildman–Crippen LogP) is 5.52. The highest BCUT2D eigenvalue weighted by Crippen LogP contribution is 2.19. The minimum absolute atomic E-state index is 0.114. The summed E-state index contributed by atoms with van der Waals surface area (Å²) in [5.41, 5.74) is 2.54. The first kappa shape index (κ1) is 24.0. The van der Waals surface area contributed by atoms with E-state index in [9.17, 15) is 9.59 Å². The van der Waals surface area contributed by atoms with Gasteiger partial charge >= 0.3 is 0 Å². The first-order valence-corrected chi connectivity index (χ1v) is 11.5. The van der Waals surface area contributed by atoms with Gasteiger partial charge < -0.3 is 19.9 Å². The fraction of sp³-hybridized carbons (Fsp3) is 0.148. The molecule has 2 amide bonds. The molecule has 0 atom stereocenters. The van der Waals surface area contributed by atoms with Crippen molar-refractivity contribution < 1.29 is 18.8 Å². The second-order valence-corrected chi connectivity index (χ2v) is 8.24. The molecular weight excluding hydrogens is 466 g/mol. The number of carbonyl (C=O) groups excluding carboxylic acids is 2. The largest absolute Gasteiger partial charge is 0.486 e. The van der Waals surface area contributed by atoms with Crippen LogP contribution < -0.4 is 15.4 Å². The van der Waals surface area contributed by atoms with E-state index >= 15 is 0 Å². The summed E-state index contributed by atoms with van der Waals surface area (Å²) in [6.45, 7) is 0.662. The first-order valence-electron chi connectivity index (χ1n) is 11.1. The highest BCUT2D eigenvalue weighted by molar-refractivity contribution is 6.31. The van der Waals surface area contributed by atoms with Crippen LogP contribution in [0.5, 0.6) is 5.75 Å². The molecule has 0 unspecified atom stereocenters. The number of aromatic nitrogens is 1. The van der Waals surface area contributed by atoms with Crippen LogP contribution >= 0.6 is 11.6 Å². The first-order chi connectivity index (χ1) is 17.1. The molecule has 8 heteroatoms. The molecule has 0 saturated carbocycles. The lowest BCUT2D eigenvalue weighted by Gasteiger charge is -2.07. The number of aryl methyl sites for hydroxylation is 1. The number of hydrogen-bond donors (Lipinski definition) is 2. The van der Waals surface area contributed by atoms with Crippen LogP contribution in [0.4, 0.5) is 5.69 Å². The van der Waals surface area contributed by atoms with Crippen LogP contribution in [0.2, 0.25) is 5.02 Å². The van der Waals surface area contributed by atoms with E-state index in [2.05, 4.69) is 27.9 Å². The summed E-state index contributed by atoms with van der Waals surface area (Å²) in [7, 11) is 0. The normalized spacial score (nSPS) is 10.5. The summed E-state index contributed by atoms with van der Waals surface area (Å²) in [4.78, 5) is 24.6. The molecule has 1 aromatic heterocycles. The van der Waals surface area contributed by atoms with Crippen molar-refractivity contribution in [1.29, 1.82) is 0 Å². The van der Waals surface area contributed by atoms with Gasteiger partial charge in [0.1, 0.15) is 12.4 Å². The fourth-order valence-electron chi connectivity index (χ4n) is 3.34. The lowest BCUT2D eigenvalue weighted by atomic mass is 10.1. The quantitative estimate of drug-likeness (QED) is 0.286. The minimum Gasteiger partial charge on any atom is -0.486 e. The number of carbonyl (C=O) groups is 2. The van der Waals surface area contributed by atoms with Crippen LogP contribution in [-0.2, 0) is 13.0 Å². The molecule has 35 heavy (non-hydrogen) atoms. The third kappa shape index (κ3) is 7.19. The van der Waals surface area contributed by atoms with Gasteiger partial charge in [0.25, 0.3) is 11.8 Å². The third-order valence-corrected chi connectivity index (χ3v) is 5.38. The van der Waals surface area contributed by atoms with Crippen molar-refractivity contribution >= 4 is 29.1 Å². The molecule has 0 saturated heterocycles. The molecule has 7 nitrogen and oxygen atoms in total. The molecule has 0 aliphatic heterocycles. The highest BCUT2D eigenvalue weighted by atomic mass is 35.5. The van der Waals surface area contributed by atoms with E-state index in [4.69, 9.17) is 20.9 Å². The van der Waals surface area contributed by atoms with Crippen molar-refractivity contribution in [3.8, 4) is 5.75 Å². The predicted molar refractivity (Wildman–Crippen MR) is 134 cm³/mol. The molecule has 0 aliphatic rings. The molecule has 0 bridgehead atoms. The van der Waals surface area contributed by atoms with Gasteiger partial charge in [-0.1, -0.05) is 53.2 Å². The van der Waals surface area contributed by atoms with E-state index in [0.717, 1.165) is 12.8 Å². The number of hydrogen-bond acceptors (Lipinski definition) is 5. The van der Waals surface area contributed by atoms with Crippen molar-refractivity contribution in [2.75, 3.05) is 11.9 Å². The van der Waals surface area contributed by atoms with Crippen molar-refractivity contribution in [2.45, 2.75) is 19.4 Å². The second-order valence-electron chi connectivity index (χ2n) is 7.80. The average Bonchev–Trinajstić information content (AvgIpc) is 3.36. The Kier molecular flexibility index (Phi) is 8.14. The van der Waals surface area contributed by atoms with Crippen LogP contribution in [0, 0.1) is 0 Å². The van der Waals surface area contributed by atoms with Crippen molar-refractivity contribution in [1.82, 2.24) is 10.5 Å². The van der Waals surface area contributed by atoms with Crippen molar-refractivity contribution in [3.63, 3.8) is 0 Å². The molecular formula is C27H24ClN3O4. The maximum atomic E-state index is 12.3. The van der Waals surface area contributed by atoms with Gasteiger partial charge in [0, 0.05) is 28.9 Å². The van der Waals surface area contributed by atoms with Gasteiger partial charge in [-0.05, 0) is 60.9 Å². The van der Waals surface area contributed by atoms with Gasteiger partial charge in [0.15, 0.2) is 11.5 Å². The molecule has 4 aromatic rings. The third-order valence-electron chi connectivity index (χ3n) is 5.14. The Labute approximate surface area is 208 Å². The van der Waals surface area contributed by atoms with E-state index in [1.54, 1.807) is 54.6 Å². The lowest BCUT2D eigenvalue weighted by molar-refractivity contribution is 0.0943. The smallest absolute Gasteiger partial charge is 0.273 e. The topological polar surface area (TPSA) is 93.5 Å². The minimum atomic E-state index is -0.284. The summed E-state index contributed by atoms with van der Waals surface area (Å²) in [5.74, 6) is 0.466. The average molecular weight is 490 g/mol. The summed E-state index contributed by atoms with van der Waals surface area (Å²) < 4.78 is 10.9. The molecule has 0 spiro atoms. The summed E-state index contributed by atoms with van der Waals surface area (Å²) >= 11 is 5.94. The second kappa shape index (κ2) is 11.9. The van der Waals surface area contributed by atoms with E-state index in [1.807, 2.05) is 18.2 Å². The Hall–Kier alpha value is -4.10. The molecule has 3 aromatic carbocycles. The Morgan fingerprint density at radius 2 is 1.71 bits per heavy atom. The fourth-order valence-corrected chi connectivity index (χ4v) is 3.53. The Balaban J connectivity index is 1.21. The van der Waals surface area contributed by atoms with Gasteiger partial charge in [-0.15, -0.1) is 0 Å². The standard InChI is InChI=1S/C27H24ClN3O4/c28-21-10-4-9-20(16-21)26(32)30-22-11-13-23(14-12-22)34-18-24-17-25(31-35-24)27(33)29-15-5-8-19-6-2-1-3-7-19/h1-4,6-7,9-14,16-17H,5,8,15,18H2,(H,29,33)(H,30,32). The molecule has 0 fully saturated rings. The maximum Gasteiger partial charge on any atom is 0.273 e. The Morgan fingerprint density at radius 1 is 0.914 bits per heavy atom. The van der Waals surface area contributed by atoms with Crippen LogP contribution in [0.3, 0.4) is 0 Å². The van der Waals surface area contributed by atoms with Gasteiger partial charge in [0.05, 0.1) is 0 Å². The Morgan fingerprint density at radius 3 is 2.49 bits per heavy atom. The number of amides is 2. The van der Waals surface area contributed by atoms with Gasteiger partial charge in [-0.3, -0.25) is 9.59 Å². The molecule has 4 rings (SSSR count). The van der Waals surface area contributed by atoms with Crippen LogP contribution in [0.25, 0.3) is 0 Å². The molecule has 178 valence electrons. The summed E-state index contributed by atoms with van der Waals surface area (Å²) in [6, 6.07) is 25.3. The molecule has 0 aliphatic carbocycles. The van der Waals surface area contributed by atoms with Crippen molar-refractivity contribution in [2.24, 2.45) is 0 Å². The SMILES string of the molecule is O=C(Nc1ccc(OCc2cc(C(=O)NCCCc3ccccc3)no2)cc1)c1cccc(Cl)c1. The van der Waals surface area contributed by atoms with Gasteiger partial charge in [0.2, 0.25) is 0 Å². The number of benzene rings is 3. The number of rotatable bonds is 10. The van der Waals surface area contributed by atoms with Crippen LogP contribution in [0.1, 0.15) is 38.6 Å². The maximum absolute atomic E-state index is 12.3. The number of ether oxygens (including phenoxy) is 1. The molecule has 1 heterocycles. The van der Waals surface area contributed by atoms with Crippen LogP contribution in [-0.4, -0.2) is 23.5 Å². The van der Waals surface area contributed by atoms with E-state index < -0.39 is 0 Å². The van der Waals surface area contributed by atoms with Crippen LogP contribution in [0.15, 0.2) is 89.5 Å². The zero-order chi connectivity index (χ0) is 24.5. The number of anilines is 1. The Bertz CT molecular complexity index is 1270. The summed E-state index contributed by atoms with van der Waals surface area (Å²) in [5, 5.41) is 9.98. The highest BCUT2D eigenvalue weighted by Gasteiger charge is 2.13. The van der Waals surface area contributed by atoms with Gasteiger partial charge in [-0.25, -0.2) is 0 Å². The van der Waals surface area contributed by atoms with Crippen molar-refractivity contribution in [3.05, 3.63) is 113 Å². The molecule has 2 N–H and O–H groups in total. The summed E-state index contributed by atoms with van der Waals surface area (Å²) in [6.07, 6.45) is 1.72. The number of nitrogens with zero attached hydrogens (tertiary/aromatic N) is 1. The number of nitrogens with one attached hydrogen (secondary N) is 2. The van der Waals surface area contributed by atoms with E-state index in [-0.39, 0.29) is 24.1 Å². The molecule has 0 radical (unpaired) electrons.